The van der Waals surface area contributed by atoms with Gasteiger partial charge in [0.25, 0.3) is 0 Å². The summed E-state index contributed by atoms with van der Waals surface area (Å²) in [7, 11) is 0. The SMILES string of the molecule is CCOC(C)(C)CNCC(=O)OC(C)C. The van der Waals surface area contributed by atoms with E-state index in [2.05, 4.69) is 5.32 Å². The number of ether oxygens (including phenoxy) is 2. The van der Waals surface area contributed by atoms with E-state index in [0.717, 1.165) is 0 Å². The second-order valence-corrected chi connectivity index (χ2v) is 4.33. The Morgan fingerprint density at radius 1 is 1.40 bits per heavy atom. The highest BCUT2D eigenvalue weighted by atomic mass is 16.5. The van der Waals surface area contributed by atoms with E-state index in [1.807, 2.05) is 34.6 Å². The highest BCUT2D eigenvalue weighted by Crippen LogP contribution is 2.06. The highest BCUT2D eigenvalue weighted by Gasteiger charge is 2.17. The van der Waals surface area contributed by atoms with Crippen LogP contribution in [0, 0.1) is 0 Å². The lowest BCUT2D eigenvalue weighted by molar-refractivity contribution is -0.146. The van der Waals surface area contributed by atoms with Crippen LogP contribution < -0.4 is 5.32 Å². The van der Waals surface area contributed by atoms with Crippen LogP contribution in [0.1, 0.15) is 34.6 Å². The Hall–Kier alpha value is -0.610. The quantitative estimate of drug-likeness (QED) is 0.654. The van der Waals surface area contributed by atoms with Gasteiger partial charge < -0.3 is 14.8 Å². The maximum absolute atomic E-state index is 11.2. The van der Waals surface area contributed by atoms with E-state index in [9.17, 15) is 4.79 Å². The van der Waals surface area contributed by atoms with Crippen LogP contribution in [0.2, 0.25) is 0 Å². The number of carbonyl (C=O) groups excluding carboxylic acids is 1. The van der Waals surface area contributed by atoms with Crippen molar-refractivity contribution < 1.29 is 14.3 Å². The van der Waals surface area contributed by atoms with Gasteiger partial charge in [-0.15, -0.1) is 0 Å². The van der Waals surface area contributed by atoms with E-state index < -0.39 is 0 Å². The zero-order valence-electron chi connectivity index (χ0n) is 10.4. The molecule has 90 valence electrons. The van der Waals surface area contributed by atoms with Gasteiger partial charge in [0.2, 0.25) is 0 Å². The number of rotatable bonds is 7. The molecule has 0 atom stereocenters. The van der Waals surface area contributed by atoms with Crippen molar-refractivity contribution in [2.24, 2.45) is 0 Å². The average molecular weight is 217 g/mol. The summed E-state index contributed by atoms with van der Waals surface area (Å²) < 4.78 is 10.5. The second kappa shape index (κ2) is 6.80. The van der Waals surface area contributed by atoms with Crippen molar-refractivity contribution in [3.05, 3.63) is 0 Å². The summed E-state index contributed by atoms with van der Waals surface area (Å²) in [6, 6.07) is 0. The molecule has 15 heavy (non-hydrogen) atoms. The van der Waals surface area contributed by atoms with Gasteiger partial charge in [0.05, 0.1) is 18.2 Å². The van der Waals surface area contributed by atoms with E-state index >= 15 is 0 Å². The molecule has 0 unspecified atom stereocenters. The molecule has 0 amide bonds. The van der Waals surface area contributed by atoms with E-state index in [4.69, 9.17) is 9.47 Å². The first kappa shape index (κ1) is 14.4. The summed E-state index contributed by atoms with van der Waals surface area (Å²) in [4.78, 5) is 11.2. The molecule has 0 saturated heterocycles. The maximum Gasteiger partial charge on any atom is 0.320 e. The van der Waals surface area contributed by atoms with Gasteiger partial charge in [-0.05, 0) is 34.6 Å². The summed E-state index contributed by atoms with van der Waals surface area (Å²) >= 11 is 0. The van der Waals surface area contributed by atoms with Gasteiger partial charge in [-0.25, -0.2) is 0 Å². The normalized spacial score (nSPS) is 11.9. The van der Waals surface area contributed by atoms with Gasteiger partial charge in [-0.1, -0.05) is 0 Å². The molecular formula is C11H23NO3. The van der Waals surface area contributed by atoms with Crippen LogP contribution in [-0.2, 0) is 14.3 Å². The Labute approximate surface area is 92.3 Å². The molecule has 0 aromatic heterocycles. The van der Waals surface area contributed by atoms with Crippen LogP contribution in [0.3, 0.4) is 0 Å². The van der Waals surface area contributed by atoms with Gasteiger partial charge >= 0.3 is 5.97 Å². The molecule has 0 aliphatic carbocycles. The summed E-state index contributed by atoms with van der Waals surface area (Å²) in [6.45, 7) is 11.1. The Morgan fingerprint density at radius 3 is 2.47 bits per heavy atom. The minimum absolute atomic E-state index is 0.0563. The maximum atomic E-state index is 11.2. The third kappa shape index (κ3) is 8.39. The van der Waals surface area contributed by atoms with E-state index in [1.54, 1.807) is 0 Å². The van der Waals surface area contributed by atoms with E-state index in [-0.39, 0.29) is 24.2 Å². The Morgan fingerprint density at radius 2 is 2.00 bits per heavy atom. The number of nitrogens with one attached hydrogen (secondary N) is 1. The molecule has 1 N–H and O–H groups in total. The van der Waals surface area contributed by atoms with Crippen LogP contribution in [0.5, 0.6) is 0 Å². The predicted molar refractivity (Wildman–Crippen MR) is 59.8 cm³/mol. The van der Waals surface area contributed by atoms with Crippen molar-refractivity contribution >= 4 is 5.97 Å². The molecule has 0 aromatic rings. The molecular weight excluding hydrogens is 194 g/mol. The minimum atomic E-state index is -0.243. The van der Waals surface area contributed by atoms with Crippen LogP contribution in [0.4, 0.5) is 0 Å². The van der Waals surface area contributed by atoms with Gasteiger partial charge in [0, 0.05) is 13.2 Å². The molecule has 0 saturated carbocycles. The Balaban J connectivity index is 3.65. The summed E-state index contributed by atoms with van der Waals surface area (Å²) in [6.07, 6.45) is -0.0563. The molecule has 4 nitrogen and oxygen atoms in total. The fourth-order valence-electron chi connectivity index (χ4n) is 1.21. The van der Waals surface area contributed by atoms with Crippen molar-refractivity contribution in [3.63, 3.8) is 0 Å². The van der Waals surface area contributed by atoms with E-state index in [0.29, 0.717) is 13.2 Å². The molecule has 0 heterocycles. The van der Waals surface area contributed by atoms with Crippen LogP contribution in [0.25, 0.3) is 0 Å². The van der Waals surface area contributed by atoms with Crippen molar-refractivity contribution in [1.29, 1.82) is 0 Å². The molecule has 0 radical (unpaired) electrons. The lowest BCUT2D eigenvalue weighted by Gasteiger charge is -2.24. The van der Waals surface area contributed by atoms with E-state index in [1.165, 1.54) is 0 Å². The van der Waals surface area contributed by atoms with Gasteiger partial charge in [-0.3, -0.25) is 4.79 Å². The first-order chi connectivity index (χ1) is 6.87. The highest BCUT2D eigenvalue weighted by molar-refractivity contribution is 5.71. The van der Waals surface area contributed by atoms with Gasteiger partial charge in [-0.2, -0.15) is 0 Å². The topological polar surface area (TPSA) is 47.6 Å². The number of hydrogen-bond acceptors (Lipinski definition) is 4. The monoisotopic (exact) mass is 217 g/mol. The molecule has 0 bridgehead atoms. The molecule has 0 rings (SSSR count). The largest absolute Gasteiger partial charge is 0.462 e. The van der Waals surface area contributed by atoms with Crippen molar-refractivity contribution in [2.45, 2.75) is 46.3 Å². The summed E-state index contributed by atoms with van der Waals surface area (Å²) in [5.74, 6) is -0.225. The number of esters is 1. The number of hydrogen-bond donors (Lipinski definition) is 1. The third-order valence-corrected chi connectivity index (χ3v) is 1.72. The van der Waals surface area contributed by atoms with Crippen LogP contribution >= 0.6 is 0 Å². The lowest BCUT2D eigenvalue weighted by atomic mass is 10.1. The molecule has 0 aliphatic heterocycles. The zero-order valence-corrected chi connectivity index (χ0v) is 10.4. The van der Waals surface area contributed by atoms with Crippen molar-refractivity contribution in [3.8, 4) is 0 Å². The second-order valence-electron chi connectivity index (χ2n) is 4.33. The van der Waals surface area contributed by atoms with Gasteiger partial charge in [0.15, 0.2) is 0 Å². The van der Waals surface area contributed by atoms with Crippen molar-refractivity contribution in [1.82, 2.24) is 5.32 Å². The fourth-order valence-corrected chi connectivity index (χ4v) is 1.21. The summed E-state index contributed by atoms with van der Waals surface area (Å²) in [5, 5.41) is 3.02. The standard InChI is InChI=1S/C11H23NO3/c1-6-14-11(4,5)8-12-7-10(13)15-9(2)3/h9,12H,6-8H2,1-5H3. The van der Waals surface area contributed by atoms with Crippen LogP contribution in [0.15, 0.2) is 0 Å². The average Bonchev–Trinajstić information content (AvgIpc) is 2.01. The van der Waals surface area contributed by atoms with Gasteiger partial charge in [0.1, 0.15) is 0 Å². The molecule has 0 aliphatic rings. The predicted octanol–water partition coefficient (Wildman–Crippen LogP) is 1.34. The lowest BCUT2D eigenvalue weighted by Crippen LogP contribution is -2.40. The molecule has 0 spiro atoms. The van der Waals surface area contributed by atoms with Crippen molar-refractivity contribution in [2.75, 3.05) is 19.7 Å². The molecule has 4 heteroatoms. The third-order valence-electron chi connectivity index (χ3n) is 1.72. The molecule has 0 aromatic carbocycles. The van der Waals surface area contributed by atoms with Crippen LogP contribution in [-0.4, -0.2) is 37.4 Å². The zero-order chi connectivity index (χ0) is 11.9. The fraction of sp³-hybridized carbons (Fsp3) is 0.909. The smallest absolute Gasteiger partial charge is 0.320 e. The first-order valence-corrected chi connectivity index (χ1v) is 5.41. The molecule has 0 fully saturated rings. The number of carbonyl (C=O) groups is 1. The summed E-state index contributed by atoms with van der Waals surface area (Å²) in [5.41, 5.74) is -0.243. The Kier molecular flexibility index (Phi) is 6.52. The minimum Gasteiger partial charge on any atom is -0.462 e. The first-order valence-electron chi connectivity index (χ1n) is 5.41. The Bertz CT molecular complexity index is 190.